The lowest BCUT2D eigenvalue weighted by Crippen LogP contribution is -2.52. The average Bonchev–Trinajstić information content (AvgIpc) is 2.33. The zero-order valence-corrected chi connectivity index (χ0v) is 11.6. The summed E-state index contributed by atoms with van der Waals surface area (Å²) in [6.07, 6.45) is 4.70. The summed E-state index contributed by atoms with van der Waals surface area (Å²) >= 11 is 0. The molecule has 2 aliphatic rings. The van der Waals surface area contributed by atoms with Crippen LogP contribution in [0.3, 0.4) is 0 Å². The van der Waals surface area contributed by atoms with E-state index >= 15 is 0 Å². The zero-order chi connectivity index (χ0) is 13.2. The van der Waals surface area contributed by atoms with Crippen LogP contribution < -0.4 is 11.1 Å². The standard InChI is InChI=1S/C14H26N2O2/c1-10-3-4-11(9-12(10)15)13(17)16-14(2)5-7-18-8-6-14/h10-12H,3-9,15H2,1-2H3,(H,16,17). The summed E-state index contributed by atoms with van der Waals surface area (Å²) in [7, 11) is 0. The molecule has 1 amide bonds. The first kappa shape index (κ1) is 13.8. The lowest BCUT2D eigenvalue weighted by atomic mass is 9.78. The molecular formula is C14H26N2O2. The van der Waals surface area contributed by atoms with Crippen molar-refractivity contribution in [2.45, 2.75) is 57.5 Å². The highest BCUT2D eigenvalue weighted by Gasteiger charge is 2.34. The fourth-order valence-electron chi connectivity index (χ4n) is 2.94. The summed E-state index contributed by atoms with van der Waals surface area (Å²) in [5, 5.41) is 3.23. The van der Waals surface area contributed by atoms with Gasteiger partial charge in [0, 0.05) is 30.7 Å². The van der Waals surface area contributed by atoms with Gasteiger partial charge in [-0.3, -0.25) is 4.79 Å². The van der Waals surface area contributed by atoms with Crippen molar-refractivity contribution in [3.63, 3.8) is 0 Å². The number of hydrogen-bond donors (Lipinski definition) is 2. The van der Waals surface area contributed by atoms with Gasteiger partial charge in [-0.1, -0.05) is 6.92 Å². The molecule has 0 spiro atoms. The first-order chi connectivity index (χ1) is 8.50. The molecule has 3 N–H and O–H groups in total. The normalized spacial score (nSPS) is 36.1. The lowest BCUT2D eigenvalue weighted by Gasteiger charge is -2.37. The van der Waals surface area contributed by atoms with Gasteiger partial charge in [-0.05, 0) is 44.9 Å². The van der Waals surface area contributed by atoms with Crippen molar-refractivity contribution in [1.82, 2.24) is 5.32 Å². The van der Waals surface area contributed by atoms with Crippen molar-refractivity contribution in [3.8, 4) is 0 Å². The molecule has 1 aliphatic heterocycles. The van der Waals surface area contributed by atoms with Crippen LogP contribution in [0.1, 0.15) is 46.0 Å². The molecule has 0 bridgehead atoms. The van der Waals surface area contributed by atoms with E-state index in [1.165, 1.54) is 0 Å². The third-order valence-electron chi connectivity index (χ3n) is 4.65. The fraction of sp³-hybridized carbons (Fsp3) is 0.929. The minimum Gasteiger partial charge on any atom is -0.381 e. The van der Waals surface area contributed by atoms with E-state index in [0.717, 1.165) is 45.3 Å². The van der Waals surface area contributed by atoms with Crippen molar-refractivity contribution in [2.24, 2.45) is 17.6 Å². The number of rotatable bonds is 2. The first-order valence-electron chi connectivity index (χ1n) is 7.15. The molecule has 0 radical (unpaired) electrons. The number of hydrogen-bond acceptors (Lipinski definition) is 3. The molecule has 1 heterocycles. The molecule has 2 fully saturated rings. The minimum absolute atomic E-state index is 0.0809. The van der Waals surface area contributed by atoms with Crippen LogP contribution >= 0.6 is 0 Å². The molecule has 0 aromatic carbocycles. The van der Waals surface area contributed by atoms with E-state index in [1.807, 2.05) is 0 Å². The topological polar surface area (TPSA) is 64.3 Å². The quantitative estimate of drug-likeness (QED) is 0.783. The highest BCUT2D eigenvalue weighted by molar-refractivity contribution is 5.79. The second kappa shape index (κ2) is 5.57. The molecule has 0 aromatic heterocycles. The average molecular weight is 254 g/mol. The van der Waals surface area contributed by atoms with Gasteiger partial charge in [-0.25, -0.2) is 0 Å². The number of carbonyl (C=O) groups is 1. The van der Waals surface area contributed by atoms with Crippen LogP contribution in [-0.2, 0) is 9.53 Å². The molecule has 1 saturated heterocycles. The summed E-state index contributed by atoms with van der Waals surface area (Å²) in [6, 6.07) is 0.178. The number of nitrogens with two attached hydrogens (primary N) is 1. The Morgan fingerprint density at radius 2 is 2.00 bits per heavy atom. The van der Waals surface area contributed by atoms with Gasteiger partial charge in [-0.2, -0.15) is 0 Å². The minimum atomic E-state index is -0.0809. The zero-order valence-electron chi connectivity index (χ0n) is 11.6. The maximum absolute atomic E-state index is 12.3. The lowest BCUT2D eigenvalue weighted by molar-refractivity contribution is -0.129. The van der Waals surface area contributed by atoms with Crippen molar-refractivity contribution >= 4 is 5.91 Å². The second-order valence-electron chi connectivity index (χ2n) is 6.31. The van der Waals surface area contributed by atoms with Gasteiger partial charge in [0.2, 0.25) is 5.91 Å². The third kappa shape index (κ3) is 3.23. The number of carbonyl (C=O) groups excluding carboxylic acids is 1. The van der Waals surface area contributed by atoms with E-state index < -0.39 is 0 Å². The summed E-state index contributed by atoms with van der Waals surface area (Å²) in [5.74, 6) is 0.852. The van der Waals surface area contributed by atoms with E-state index in [1.54, 1.807) is 0 Å². The van der Waals surface area contributed by atoms with Crippen molar-refractivity contribution in [3.05, 3.63) is 0 Å². The van der Waals surface area contributed by atoms with Gasteiger partial charge in [0.1, 0.15) is 0 Å². The van der Waals surface area contributed by atoms with Gasteiger partial charge < -0.3 is 15.8 Å². The monoisotopic (exact) mass is 254 g/mol. The highest BCUT2D eigenvalue weighted by atomic mass is 16.5. The Balaban J connectivity index is 1.87. The number of amides is 1. The molecule has 2 rings (SSSR count). The van der Waals surface area contributed by atoms with E-state index in [-0.39, 0.29) is 23.4 Å². The van der Waals surface area contributed by atoms with E-state index in [4.69, 9.17) is 10.5 Å². The summed E-state index contributed by atoms with van der Waals surface area (Å²) in [6.45, 7) is 5.80. The predicted molar refractivity (Wildman–Crippen MR) is 71.1 cm³/mol. The smallest absolute Gasteiger partial charge is 0.223 e. The van der Waals surface area contributed by atoms with Gasteiger partial charge in [0.15, 0.2) is 0 Å². The number of nitrogens with one attached hydrogen (secondary N) is 1. The summed E-state index contributed by atoms with van der Waals surface area (Å²) < 4.78 is 5.35. The van der Waals surface area contributed by atoms with Crippen LogP contribution in [-0.4, -0.2) is 30.7 Å². The second-order valence-corrected chi connectivity index (χ2v) is 6.31. The largest absolute Gasteiger partial charge is 0.381 e. The fourth-order valence-corrected chi connectivity index (χ4v) is 2.94. The maximum atomic E-state index is 12.3. The number of ether oxygens (including phenoxy) is 1. The molecule has 1 saturated carbocycles. The Morgan fingerprint density at radius 1 is 1.33 bits per heavy atom. The molecule has 3 unspecified atom stereocenters. The molecule has 1 aliphatic carbocycles. The molecule has 0 aromatic rings. The van der Waals surface area contributed by atoms with Crippen molar-refractivity contribution < 1.29 is 9.53 Å². The Hall–Kier alpha value is -0.610. The Labute approximate surface area is 110 Å². The molecule has 18 heavy (non-hydrogen) atoms. The molecule has 4 heteroatoms. The Kier molecular flexibility index (Phi) is 4.28. The van der Waals surface area contributed by atoms with Crippen LogP contribution in [0.5, 0.6) is 0 Å². The molecule has 104 valence electrons. The maximum Gasteiger partial charge on any atom is 0.223 e. The summed E-state index contributed by atoms with van der Waals surface area (Å²) in [4.78, 5) is 12.3. The van der Waals surface area contributed by atoms with E-state index in [0.29, 0.717) is 5.92 Å². The van der Waals surface area contributed by atoms with Crippen LogP contribution in [0.4, 0.5) is 0 Å². The van der Waals surface area contributed by atoms with Crippen LogP contribution in [0, 0.1) is 11.8 Å². The van der Waals surface area contributed by atoms with E-state index in [2.05, 4.69) is 19.2 Å². The highest BCUT2D eigenvalue weighted by Crippen LogP contribution is 2.29. The molecule has 4 nitrogen and oxygen atoms in total. The summed E-state index contributed by atoms with van der Waals surface area (Å²) in [5.41, 5.74) is 5.99. The Bertz CT molecular complexity index is 300. The van der Waals surface area contributed by atoms with Crippen LogP contribution in [0.2, 0.25) is 0 Å². The van der Waals surface area contributed by atoms with Gasteiger partial charge in [0.25, 0.3) is 0 Å². The van der Waals surface area contributed by atoms with Gasteiger partial charge in [0.05, 0.1) is 0 Å². The van der Waals surface area contributed by atoms with Crippen molar-refractivity contribution in [1.29, 1.82) is 0 Å². The third-order valence-corrected chi connectivity index (χ3v) is 4.65. The van der Waals surface area contributed by atoms with Gasteiger partial charge in [-0.15, -0.1) is 0 Å². The molecule has 3 atom stereocenters. The van der Waals surface area contributed by atoms with Gasteiger partial charge >= 0.3 is 0 Å². The molecular weight excluding hydrogens is 228 g/mol. The van der Waals surface area contributed by atoms with Crippen LogP contribution in [0.25, 0.3) is 0 Å². The Morgan fingerprint density at radius 3 is 2.61 bits per heavy atom. The van der Waals surface area contributed by atoms with Crippen molar-refractivity contribution in [2.75, 3.05) is 13.2 Å². The SMILES string of the molecule is CC1CCC(C(=O)NC2(C)CCOCC2)CC1N. The predicted octanol–water partition coefficient (Wildman–Crippen LogP) is 1.44. The van der Waals surface area contributed by atoms with Crippen LogP contribution in [0.15, 0.2) is 0 Å². The first-order valence-corrected chi connectivity index (χ1v) is 7.15. The van der Waals surface area contributed by atoms with E-state index in [9.17, 15) is 4.79 Å².